The largest absolute Gasteiger partial charge is 0.462 e. The predicted octanol–water partition coefficient (Wildman–Crippen LogP) is 10.6. The van der Waals surface area contributed by atoms with Gasteiger partial charge in [0.2, 0.25) is 11.8 Å². The van der Waals surface area contributed by atoms with E-state index in [0.717, 1.165) is 33.8 Å². The van der Waals surface area contributed by atoms with Crippen LogP contribution in [-0.2, 0) is 19.1 Å². The number of rotatable bonds is 20. The van der Waals surface area contributed by atoms with Gasteiger partial charge in [-0.2, -0.15) is 11.8 Å². The summed E-state index contributed by atoms with van der Waals surface area (Å²) in [6.45, 7) is 5.03. The molecule has 312 valence electrons. The molecule has 0 aliphatic rings. The molecule has 0 unspecified atom stereocenters. The highest BCUT2D eigenvalue weighted by atomic mass is 32.2. The Bertz CT molecular complexity index is 2050. The number of ether oxygens (including phenoxy) is 2. The highest BCUT2D eigenvalue weighted by molar-refractivity contribution is 7.99. The lowest BCUT2D eigenvalue weighted by Crippen LogP contribution is -2.37. The zero-order chi connectivity index (χ0) is 42.8. The number of carbonyl (C=O) groups excluding carboxylic acids is 4. The summed E-state index contributed by atoms with van der Waals surface area (Å²) in [5.74, 6) is -0.397. The van der Waals surface area contributed by atoms with Crippen molar-refractivity contribution in [3.63, 3.8) is 0 Å². The van der Waals surface area contributed by atoms with Crippen LogP contribution in [0.2, 0.25) is 0 Å². The van der Waals surface area contributed by atoms with E-state index in [-0.39, 0.29) is 25.0 Å². The van der Waals surface area contributed by atoms with Gasteiger partial charge >= 0.3 is 11.9 Å². The Kier molecular flexibility index (Phi) is 16.5. The second kappa shape index (κ2) is 22.8. The quantitative estimate of drug-likeness (QED) is 0.0559. The minimum atomic E-state index is -0.523. The Labute approximate surface area is 363 Å². The van der Waals surface area contributed by atoms with Crippen LogP contribution in [0.25, 0.3) is 0 Å². The molecule has 6 aromatic rings. The van der Waals surface area contributed by atoms with Crippen molar-refractivity contribution in [3.8, 4) is 0 Å². The summed E-state index contributed by atoms with van der Waals surface area (Å²) < 4.78 is 10.4. The maximum absolute atomic E-state index is 14.7. The molecular weight excluding hydrogens is 781 g/mol. The molecule has 61 heavy (non-hydrogen) atoms. The van der Waals surface area contributed by atoms with Crippen molar-refractivity contribution in [1.82, 2.24) is 0 Å². The Morgan fingerprint density at radius 1 is 0.443 bits per heavy atom. The summed E-state index contributed by atoms with van der Waals surface area (Å²) in [5, 5.41) is 0. The van der Waals surface area contributed by atoms with E-state index in [2.05, 4.69) is 0 Å². The molecule has 0 atom stereocenters. The van der Waals surface area contributed by atoms with E-state index in [1.165, 1.54) is 0 Å². The van der Waals surface area contributed by atoms with E-state index in [1.807, 2.05) is 155 Å². The summed E-state index contributed by atoms with van der Waals surface area (Å²) in [6.07, 6.45) is 1.43. The third-order valence-corrected chi connectivity index (χ3v) is 11.4. The summed E-state index contributed by atoms with van der Waals surface area (Å²) in [6, 6.07) is 53.3. The molecule has 0 spiro atoms. The molecule has 0 radical (unpaired) electrons. The first-order valence-corrected chi connectivity index (χ1v) is 22.0. The fourth-order valence-corrected chi connectivity index (χ4v) is 8.19. The second-order valence-corrected chi connectivity index (χ2v) is 15.6. The van der Waals surface area contributed by atoms with Gasteiger partial charge in [-0.25, -0.2) is 9.59 Å². The molecule has 0 saturated carbocycles. The number of esters is 2. The molecule has 8 nitrogen and oxygen atoms in total. The third-order valence-electron chi connectivity index (χ3n) is 10.3. The van der Waals surface area contributed by atoms with Crippen molar-refractivity contribution in [2.75, 3.05) is 47.6 Å². The molecule has 0 heterocycles. The Morgan fingerprint density at radius 2 is 0.738 bits per heavy atom. The predicted molar refractivity (Wildman–Crippen MR) is 246 cm³/mol. The van der Waals surface area contributed by atoms with Crippen molar-refractivity contribution >= 4 is 46.9 Å². The molecule has 0 saturated heterocycles. The lowest BCUT2D eigenvalue weighted by atomic mass is 9.89. The number of hydrogen-bond acceptors (Lipinski definition) is 7. The Morgan fingerprint density at radius 3 is 1.02 bits per heavy atom. The van der Waals surface area contributed by atoms with Gasteiger partial charge in [0.1, 0.15) is 0 Å². The minimum Gasteiger partial charge on any atom is -0.462 e. The number of thioether (sulfide) groups is 1. The van der Waals surface area contributed by atoms with Gasteiger partial charge in [-0.15, -0.1) is 0 Å². The highest BCUT2D eigenvalue weighted by Gasteiger charge is 2.30. The van der Waals surface area contributed by atoms with Crippen LogP contribution in [0.15, 0.2) is 170 Å². The lowest BCUT2D eigenvalue weighted by Gasteiger charge is -2.29. The van der Waals surface area contributed by atoms with Gasteiger partial charge in [0.15, 0.2) is 0 Å². The molecule has 0 aromatic heterocycles. The van der Waals surface area contributed by atoms with E-state index < -0.39 is 23.8 Å². The van der Waals surface area contributed by atoms with E-state index in [0.29, 0.717) is 48.4 Å². The molecule has 0 fully saturated rings. The smallest absolute Gasteiger partial charge is 0.338 e. The normalized spacial score (nSPS) is 11.0. The minimum absolute atomic E-state index is 0.0548. The molecule has 2 amide bonds. The van der Waals surface area contributed by atoms with Crippen molar-refractivity contribution in [2.24, 2.45) is 0 Å². The zero-order valence-electron chi connectivity index (χ0n) is 34.7. The van der Waals surface area contributed by atoms with Gasteiger partial charge in [0, 0.05) is 24.5 Å². The first-order chi connectivity index (χ1) is 29.9. The summed E-state index contributed by atoms with van der Waals surface area (Å²) in [7, 11) is 0. The maximum Gasteiger partial charge on any atom is 0.338 e. The van der Waals surface area contributed by atoms with Gasteiger partial charge in [-0.05, 0) is 109 Å². The summed E-state index contributed by atoms with van der Waals surface area (Å²) in [5.41, 5.74) is 5.87. The summed E-state index contributed by atoms with van der Waals surface area (Å²) in [4.78, 5) is 58.0. The van der Waals surface area contributed by atoms with Crippen molar-refractivity contribution in [3.05, 3.63) is 203 Å². The lowest BCUT2D eigenvalue weighted by molar-refractivity contribution is -0.120. The van der Waals surface area contributed by atoms with Crippen LogP contribution in [-0.4, -0.2) is 61.6 Å². The fraction of sp³-hybridized carbons (Fsp3) is 0.231. The third kappa shape index (κ3) is 11.9. The molecule has 0 bridgehead atoms. The van der Waals surface area contributed by atoms with E-state index in [1.54, 1.807) is 49.9 Å². The second-order valence-electron chi connectivity index (χ2n) is 14.3. The van der Waals surface area contributed by atoms with Crippen LogP contribution >= 0.6 is 11.8 Å². The average molecular weight is 833 g/mol. The van der Waals surface area contributed by atoms with Gasteiger partial charge in [0.25, 0.3) is 0 Å². The van der Waals surface area contributed by atoms with Crippen molar-refractivity contribution in [1.29, 1.82) is 0 Å². The van der Waals surface area contributed by atoms with Crippen LogP contribution in [0.4, 0.5) is 11.4 Å². The summed E-state index contributed by atoms with van der Waals surface area (Å²) >= 11 is 1.78. The number of benzene rings is 6. The number of amides is 2. The van der Waals surface area contributed by atoms with Crippen LogP contribution in [0, 0.1) is 0 Å². The highest BCUT2D eigenvalue weighted by Crippen LogP contribution is 2.32. The van der Waals surface area contributed by atoms with Crippen LogP contribution in [0.3, 0.4) is 0 Å². The first-order valence-electron chi connectivity index (χ1n) is 20.8. The van der Waals surface area contributed by atoms with Crippen LogP contribution in [0.5, 0.6) is 0 Å². The van der Waals surface area contributed by atoms with Crippen LogP contribution in [0.1, 0.15) is 81.5 Å². The molecule has 6 rings (SSSR count). The standard InChI is InChI=1S/C52H52N2O6S/c1-3-59-51(57)43-27-31-45(32-28-43)53(49(55)47(39-19-9-5-10-20-39)40-21-11-6-12-22-40)35-17-37-61-38-18-36-54(46-33-29-44(30-34-46)52(58)60-4-2)50(56)48(41-23-13-7-14-24-41)42-25-15-8-16-26-42/h5-16,19-34,47-48H,3-4,17-18,35-38H2,1-2H3. The average Bonchev–Trinajstić information content (AvgIpc) is 3.30. The Balaban J connectivity index is 1.17. The molecular formula is C52H52N2O6S. The molecule has 6 aromatic carbocycles. The van der Waals surface area contributed by atoms with Crippen LogP contribution < -0.4 is 9.80 Å². The van der Waals surface area contributed by atoms with E-state index in [9.17, 15) is 19.2 Å². The maximum atomic E-state index is 14.7. The van der Waals surface area contributed by atoms with E-state index in [4.69, 9.17) is 9.47 Å². The SMILES string of the molecule is CCOC(=O)c1ccc(N(CCCSCCCN(C(=O)C(c2ccccc2)c2ccccc2)c2ccc(C(=O)OCC)cc2)C(=O)C(c2ccccc2)c2ccccc2)cc1. The van der Waals surface area contributed by atoms with Gasteiger partial charge < -0.3 is 19.3 Å². The molecule has 9 heteroatoms. The van der Waals surface area contributed by atoms with E-state index >= 15 is 0 Å². The zero-order valence-corrected chi connectivity index (χ0v) is 35.5. The molecule has 0 aliphatic carbocycles. The number of nitrogens with zero attached hydrogens (tertiary/aromatic N) is 2. The number of hydrogen-bond donors (Lipinski definition) is 0. The van der Waals surface area contributed by atoms with Gasteiger partial charge in [-0.1, -0.05) is 121 Å². The number of carbonyl (C=O) groups is 4. The molecule has 0 N–H and O–H groups in total. The monoisotopic (exact) mass is 832 g/mol. The Hall–Kier alpha value is -6.45. The van der Waals surface area contributed by atoms with Gasteiger partial charge in [0.05, 0.1) is 36.2 Å². The van der Waals surface area contributed by atoms with Crippen molar-refractivity contribution < 1.29 is 28.7 Å². The number of anilines is 2. The van der Waals surface area contributed by atoms with Crippen molar-refractivity contribution in [2.45, 2.75) is 38.5 Å². The topological polar surface area (TPSA) is 93.2 Å². The fourth-order valence-electron chi connectivity index (χ4n) is 7.32. The van der Waals surface area contributed by atoms with Gasteiger partial charge in [-0.3, -0.25) is 9.59 Å². The first kappa shape index (κ1) is 44.1. The molecule has 0 aliphatic heterocycles.